The predicted octanol–water partition coefficient (Wildman–Crippen LogP) is 0.391. The third kappa shape index (κ3) is 3.08. The molecule has 1 aromatic rings. The van der Waals surface area contributed by atoms with E-state index in [1.54, 1.807) is 0 Å². The molecule has 102 valence electrons. The van der Waals surface area contributed by atoms with Crippen LogP contribution < -0.4 is 11.5 Å². The zero-order valence-corrected chi connectivity index (χ0v) is 10.6. The number of amides is 2. The van der Waals surface area contributed by atoms with E-state index in [1.807, 2.05) is 0 Å². The van der Waals surface area contributed by atoms with Crippen molar-refractivity contribution in [3.8, 4) is 0 Å². The summed E-state index contributed by atoms with van der Waals surface area (Å²) in [7, 11) is 0. The monoisotopic (exact) mass is 263 g/mol. The van der Waals surface area contributed by atoms with Crippen molar-refractivity contribution >= 4 is 11.8 Å². The standard InChI is InChI=1S/C13H17N3O3/c14-12(17)9-4-5-16-11(13(15)18)10(9)7-8-3-1-2-6-19-8/h4-5,8H,1-3,6-7H2,(H2,14,17)(H2,15,18). The van der Waals surface area contributed by atoms with Crippen molar-refractivity contribution in [2.45, 2.75) is 31.8 Å². The van der Waals surface area contributed by atoms with Gasteiger partial charge in [0.2, 0.25) is 5.91 Å². The molecule has 1 atom stereocenters. The van der Waals surface area contributed by atoms with E-state index >= 15 is 0 Å². The molecule has 0 aromatic carbocycles. The topological polar surface area (TPSA) is 108 Å². The van der Waals surface area contributed by atoms with E-state index in [2.05, 4.69) is 4.98 Å². The summed E-state index contributed by atoms with van der Waals surface area (Å²) >= 11 is 0. The first-order chi connectivity index (χ1) is 9.09. The van der Waals surface area contributed by atoms with Crippen LogP contribution in [0.1, 0.15) is 45.7 Å². The number of aromatic nitrogens is 1. The summed E-state index contributed by atoms with van der Waals surface area (Å²) in [5.41, 5.74) is 11.5. The molecule has 1 saturated heterocycles. The third-order valence-electron chi connectivity index (χ3n) is 3.26. The molecular weight excluding hydrogens is 246 g/mol. The van der Waals surface area contributed by atoms with Crippen LogP contribution in [0.5, 0.6) is 0 Å². The van der Waals surface area contributed by atoms with Crippen molar-refractivity contribution in [2.75, 3.05) is 6.61 Å². The quantitative estimate of drug-likeness (QED) is 0.819. The number of carbonyl (C=O) groups excluding carboxylic acids is 2. The molecule has 2 heterocycles. The summed E-state index contributed by atoms with van der Waals surface area (Å²) in [6.07, 6.45) is 4.78. The van der Waals surface area contributed by atoms with Crippen LogP contribution in [0.15, 0.2) is 12.3 Å². The fraction of sp³-hybridized carbons (Fsp3) is 0.462. The second-order valence-corrected chi connectivity index (χ2v) is 4.61. The molecule has 0 saturated carbocycles. The number of primary amides is 2. The van der Waals surface area contributed by atoms with Crippen molar-refractivity contribution in [2.24, 2.45) is 11.5 Å². The highest BCUT2D eigenvalue weighted by molar-refractivity contribution is 5.99. The number of ether oxygens (including phenoxy) is 1. The Hall–Kier alpha value is -1.95. The minimum atomic E-state index is -0.658. The first kappa shape index (κ1) is 13.5. The number of hydrogen-bond donors (Lipinski definition) is 2. The van der Waals surface area contributed by atoms with Gasteiger partial charge in [-0.1, -0.05) is 0 Å². The molecule has 1 fully saturated rings. The molecule has 0 radical (unpaired) electrons. The highest BCUT2D eigenvalue weighted by atomic mass is 16.5. The van der Waals surface area contributed by atoms with Crippen molar-refractivity contribution in [3.63, 3.8) is 0 Å². The average Bonchev–Trinajstić information content (AvgIpc) is 2.39. The zero-order chi connectivity index (χ0) is 13.8. The summed E-state index contributed by atoms with van der Waals surface area (Å²) in [5.74, 6) is -1.25. The molecule has 0 spiro atoms. The first-order valence-electron chi connectivity index (χ1n) is 6.28. The van der Waals surface area contributed by atoms with Gasteiger partial charge in [-0.05, 0) is 30.9 Å². The van der Waals surface area contributed by atoms with E-state index in [9.17, 15) is 9.59 Å². The van der Waals surface area contributed by atoms with Gasteiger partial charge in [0.05, 0.1) is 6.10 Å². The van der Waals surface area contributed by atoms with Gasteiger partial charge >= 0.3 is 0 Å². The van der Waals surface area contributed by atoms with Gasteiger partial charge in [0.1, 0.15) is 5.69 Å². The van der Waals surface area contributed by atoms with Crippen LogP contribution in [0.2, 0.25) is 0 Å². The van der Waals surface area contributed by atoms with Gasteiger partial charge < -0.3 is 16.2 Å². The Balaban J connectivity index is 2.34. The van der Waals surface area contributed by atoms with Crippen LogP contribution in [-0.4, -0.2) is 29.5 Å². The van der Waals surface area contributed by atoms with Gasteiger partial charge in [-0.25, -0.2) is 0 Å². The van der Waals surface area contributed by atoms with Gasteiger partial charge in [-0.15, -0.1) is 0 Å². The second kappa shape index (κ2) is 5.79. The summed E-state index contributed by atoms with van der Waals surface area (Å²) in [4.78, 5) is 26.8. The van der Waals surface area contributed by atoms with Crippen LogP contribution in [0.3, 0.4) is 0 Å². The van der Waals surface area contributed by atoms with Gasteiger partial charge in [0, 0.05) is 24.8 Å². The summed E-state index contributed by atoms with van der Waals surface area (Å²) in [5, 5.41) is 0. The fourth-order valence-corrected chi connectivity index (χ4v) is 2.34. The number of nitrogens with two attached hydrogens (primary N) is 2. The Kier molecular flexibility index (Phi) is 4.11. The van der Waals surface area contributed by atoms with E-state index in [-0.39, 0.29) is 17.4 Å². The van der Waals surface area contributed by atoms with Crippen molar-refractivity contribution in [1.82, 2.24) is 4.98 Å². The second-order valence-electron chi connectivity index (χ2n) is 4.61. The molecular formula is C13H17N3O3. The molecule has 2 amide bonds. The highest BCUT2D eigenvalue weighted by Gasteiger charge is 2.22. The van der Waals surface area contributed by atoms with Crippen molar-refractivity contribution in [3.05, 3.63) is 29.1 Å². The molecule has 2 rings (SSSR count). The Morgan fingerprint density at radius 1 is 1.32 bits per heavy atom. The molecule has 0 aliphatic carbocycles. The van der Waals surface area contributed by atoms with Gasteiger partial charge in [0.15, 0.2) is 0 Å². The molecule has 4 N–H and O–H groups in total. The lowest BCUT2D eigenvalue weighted by atomic mass is 9.96. The number of rotatable bonds is 4. The lowest BCUT2D eigenvalue weighted by Crippen LogP contribution is -2.27. The minimum absolute atomic E-state index is 0.0193. The molecule has 6 nitrogen and oxygen atoms in total. The van der Waals surface area contributed by atoms with Gasteiger partial charge in [-0.2, -0.15) is 0 Å². The minimum Gasteiger partial charge on any atom is -0.378 e. The van der Waals surface area contributed by atoms with Crippen LogP contribution >= 0.6 is 0 Å². The lowest BCUT2D eigenvalue weighted by molar-refractivity contribution is 0.0166. The number of pyridine rings is 1. The third-order valence-corrected chi connectivity index (χ3v) is 3.26. The van der Waals surface area contributed by atoms with Crippen LogP contribution in [-0.2, 0) is 11.2 Å². The Morgan fingerprint density at radius 3 is 2.68 bits per heavy atom. The van der Waals surface area contributed by atoms with E-state index in [0.717, 1.165) is 19.3 Å². The SMILES string of the molecule is NC(=O)c1ccnc(C(N)=O)c1CC1CCCCO1. The molecule has 0 bridgehead atoms. The van der Waals surface area contributed by atoms with Crippen LogP contribution in [0.4, 0.5) is 0 Å². The predicted molar refractivity (Wildman–Crippen MR) is 68.6 cm³/mol. The van der Waals surface area contributed by atoms with Crippen molar-refractivity contribution < 1.29 is 14.3 Å². The van der Waals surface area contributed by atoms with Gasteiger partial charge in [-0.3, -0.25) is 14.6 Å². The number of nitrogens with zero attached hydrogens (tertiary/aromatic N) is 1. The summed E-state index contributed by atoms with van der Waals surface area (Å²) in [6.45, 7) is 0.697. The van der Waals surface area contributed by atoms with Crippen LogP contribution in [0, 0.1) is 0 Å². The Labute approximate surface area is 111 Å². The Morgan fingerprint density at radius 2 is 2.11 bits per heavy atom. The maximum atomic E-state index is 11.4. The largest absolute Gasteiger partial charge is 0.378 e. The first-order valence-corrected chi connectivity index (χ1v) is 6.28. The molecule has 1 aromatic heterocycles. The molecule has 19 heavy (non-hydrogen) atoms. The summed E-state index contributed by atoms with van der Waals surface area (Å²) < 4.78 is 5.62. The molecule has 6 heteroatoms. The highest BCUT2D eigenvalue weighted by Crippen LogP contribution is 2.21. The number of hydrogen-bond acceptors (Lipinski definition) is 4. The molecule has 1 unspecified atom stereocenters. The van der Waals surface area contributed by atoms with E-state index < -0.39 is 11.8 Å². The van der Waals surface area contributed by atoms with Crippen molar-refractivity contribution in [1.29, 1.82) is 0 Å². The summed E-state index contributed by atoms with van der Waals surface area (Å²) in [6, 6.07) is 1.51. The molecule has 1 aliphatic rings. The maximum absolute atomic E-state index is 11.4. The van der Waals surface area contributed by atoms with E-state index in [1.165, 1.54) is 12.3 Å². The van der Waals surface area contributed by atoms with E-state index in [4.69, 9.17) is 16.2 Å². The zero-order valence-electron chi connectivity index (χ0n) is 10.6. The molecule has 1 aliphatic heterocycles. The fourth-order valence-electron chi connectivity index (χ4n) is 2.34. The lowest BCUT2D eigenvalue weighted by Gasteiger charge is -2.23. The Bertz CT molecular complexity index is 464. The van der Waals surface area contributed by atoms with E-state index in [0.29, 0.717) is 18.6 Å². The van der Waals surface area contributed by atoms with Gasteiger partial charge in [0.25, 0.3) is 5.91 Å². The smallest absolute Gasteiger partial charge is 0.267 e. The maximum Gasteiger partial charge on any atom is 0.267 e. The normalized spacial score (nSPS) is 19.1. The number of carbonyl (C=O) groups is 2. The van der Waals surface area contributed by atoms with Crippen LogP contribution in [0.25, 0.3) is 0 Å². The average molecular weight is 263 g/mol.